The molecule has 16 heavy (non-hydrogen) atoms. The molecule has 0 amide bonds. The Bertz CT molecular complexity index is 287. The van der Waals surface area contributed by atoms with E-state index < -0.39 is 18.5 Å². The minimum absolute atomic E-state index is 0.0599. The second kappa shape index (κ2) is 5.80. The minimum Gasteiger partial charge on any atom is -0.481 e. The monoisotopic (exact) mass is 228 g/mol. The molecule has 1 fully saturated rings. The third-order valence-electron chi connectivity index (χ3n) is 2.29. The Morgan fingerprint density at radius 1 is 1.50 bits per heavy atom. The van der Waals surface area contributed by atoms with E-state index in [-0.39, 0.29) is 18.9 Å². The van der Waals surface area contributed by atoms with E-state index in [1.807, 2.05) is 6.07 Å². The Morgan fingerprint density at radius 2 is 2.12 bits per heavy atom. The zero-order valence-electron chi connectivity index (χ0n) is 9.42. The summed E-state index contributed by atoms with van der Waals surface area (Å²) in [5.74, 6) is -0.903. The molecule has 1 unspecified atom stereocenters. The maximum absolute atomic E-state index is 10.6. The number of rotatable bonds is 4. The van der Waals surface area contributed by atoms with Crippen molar-refractivity contribution in [3.8, 4) is 6.07 Å². The van der Waals surface area contributed by atoms with Gasteiger partial charge in [-0.1, -0.05) is 0 Å². The maximum Gasteiger partial charge on any atom is 0.305 e. The Morgan fingerprint density at radius 3 is 2.62 bits per heavy atom. The molecule has 1 rings (SSSR count). The van der Waals surface area contributed by atoms with Crippen LogP contribution < -0.4 is 0 Å². The standard InChI is InChI=1S/C10H16N2O4/c1-12(2)10-15-7(3-4-11)5-8(16-10)6-9(13)14/h7-8,10H,3,5-6H2,1-2H3,(H,13,14)/t7-,8-,10?/m1/s1. The molecule has 0 aromatic heterocycles. The van der Waals surface area contributed by atoms with Crippen LogP contribution in [0.4, 0.5) is 0 Å². The maximum atomic E-state index is 10.6. The van der Waals surface area contributed by atoms with E-state index in [1.165, 1.54) is 0 Å². The summed E-state index contributed by atoms with van der Waals surface area (Å²) in [6.45, 7) is 0. The lowest BCUT2D eigenvalue weighted by Crippen LogP contribution is -2.45. The molecule has 0 radical (unpaired) electrons. The van der Waals surface area contributed by atoms with E-state index in [0.717, 1.165) is 0 Å². The van der Waals surface area contributed by atoms with E-state index in [0.29, 0.717) is 6.42 Å². The Labute approximate surface area is 94.4 Å². The van der Waals surface area contributed by atoms with Crippen LogP contribution in [0.1, 0.15) is 19.3 Å². The van der Waals surface area contributed by atoms with Crippen molar-refractivity contribution in [2.75, 3.05) is 14.1 Å². The molecule has 6 nitrogen and oxygen atoms in total. The average Bonchev–Trinajstić information content (AvgIpc) is 2.16. The molecule has 0 saturated carbocycles. The quantitative estimate of drug-likeness (QED) is 0.749. The third-order valence-corrected chi connectivity index (χ3v) is 2.29. The fourth-order valence-electron chi connectivity index (χ4n) is 1.57. The predicted molar refractivity (Wildman–Crippen MR) is 54.3 cm³/mol. The van der Waals surface area contributed by atoms with Gasteiger partial charge in [-0.3, -0.25) is 9.69 Å². The van der Waals surface area contributed by atoms with Gasteiger partial charge in [0.25, 0.3) is 0 Å². The summed E-state index contributed by atoms with van der Waals surface area (Å²) in [7, 11) is 3.55. The van der Waals surface area contributed by atoms with Crippen LogP contribution in [0.2, 0.25) is 0 Å². The smallest absolute Gasteiger partial charge is 0.305 e. The number of carboxylic acids is 1. The van der Waals surface area contributed by atoms with Gasteiger partial charge in [0.05, 0.1) is 31.1 Å². The first-order valence-electron chi connectivity index (χ1n) is 5.09. The highest BCUT2D eigenvalue weighted by molar-refractivity contribution is 5.67. The van der Waals surface area contributed by atoms with Gasteiger partial charge in [0.2, 0.25) is 6.41 Å². The van der Waals surface area contributed by atoms with Gasteiger partial charge in [-0.25, -0.2) is 0 Å². The summed E-state index contributed by atoms with van der Waals surface area (Å²) in [5.41, 5.74) is 0. The highest BCUT2D eigenvalue weighted by Gasteiger charge is 2.32. The normalized spacial score (nSPS) is 30.0. The van der Waals surface area contributed by atoms with Crippen LogP contribution >= 0.6 is 0 Å². The Hall–Kier alpha value is -1.16. The van der Waals surface area contributed by atoms with Gasteiger partial charge in [-0.2, -0.15) is 5.26 Å². The number of nitriles is 1. The molecule has 0 aromatic carbocycles. The van der Waals surface area contributed by atoms with E-state index in [1.54, 1.807) is 19.0 Å². The largest absolute Gasteiger partial charge is 0.481 e. The average molecular weight is 228 g/mol. The second-order valence-corrected chi connectivity index (χ2v) is 3.98. The SMILES string of the molecule is CN(C)C1O[C@H](CC#N)C[C@H](CC(=O)O)O1. The number of carbonyl (C=O) groups is 1. The van der Waals surface area contributed by atoms with E-state index in [4.69, 9.17) is 19.8 Å². The fourth-order valence-corrected chi connectivity index (χ4v) is 1.57. The molecule has 0 aromatic rings. The number of hydrogen-bond acceptors (Lipinski definition) is 5. The molecule has 3 atom stereocenters. The zero-order chi connectivity index (χ0) is 12.1. The van der Waals surface area contributed by atoms with Crippen molar-refractivity contribution in [1.29, 1.82) is 5.26 Å². The summed E-state index contributed by atoms with van der Waals surface area (Å²) >= 11 is 0. The molecule has 90 valence electrons. The van der Waals surface area contributed by atoms with Crippen molar-refractivity contribution in [3.63, 3.8) is 0 Å². The van der Waals surface area contributed by atoms with Gasteiger partial charge in [-0.05, 0) is 14.1 Å². The van der Waals surface area contributed by atoms with Crippen LogP contribution in [0.3, 0.4) is 0 Å². The lowest BCUT2D eigenvalue weighted by Gasteiger charge is -2.37. The molecule has 0 aliphatic carbocycles. The first kappa shape index (κ1) is 12.9. The van der Waals surface area contributed by atoms with Crippen LogP contribution in [0.15, 0.2) is 0 Å². The molecule has 1 N–H and O–H groups in total. The van der Waals surface area contributed by atoms with Crippen LogP contribution in [0, 0.1) is 11.3 Å². The second-order valence-electron chi connectivity index (χ2n) is 3.98. The molecule has 1 heterocycles. The Balaban J connectivity index is 2.59. The molecule has 6 heteroatoms. The van der Waals surface area contributed by atoms with Crippen molar-refractivity contribution in [2.24, 2.45) is 0 Å². The summed E-state index contributed by atoms with van der Waals surface area (Å²) in [4.78, 5) is 12.3. The Kier molecular flexibility index (Phi) is 4.68. The van der Waals surface area contributed by atoms with Crippen molar-refractivity contribution in [1.82, 2.24) is 4.90 Å². The highest BCUT2D eigenvalue weighted by atomic mass is 16.7. The lowest BCUT2D eigenvalue weighted by molar-refractivity contribution is -0.291. The molecule has 1 aliphatic heterocycles. The first-order valence-corrected chi connectivity index (χ1v) is 5.09. The van der Waals surface area contributed by atoms with Gasteiger partial charge in [0.1, 0.15) is 0 Å². The minimum atomic E-state index is -0.903. The number of hydrogen-bond donors (Lipinski definition) is 1. The van der Waals surface area contributed by atoms with Crippen LogP contribution in [0.5, 0.6) is 0 Å². The number of carboxylic acid groups (broad SMARTS) is 1. The van der Waals surface area contributed by atoms with Crippen molar-refractivity contribution in [3.05, 3.63) is 0 Å². The number of ether oxygens (including phenoxy) is 2. The van der Waals surface area contributed by atoms with Crippen molar-refractivity contribution >= 4 is 5.97 Å². The van der Waals surface area contributed by atoms with E-state index in [2.05, 4.69) is 0 Å². The summed E-state index contributed by atoms with van der Waals surface area (Å²) < 4.78 is 10.9. The van der Waals surface area contributed by atoms with Crippen LogP contribution in [-0.2, 0) is 14.3 Å². The molecule has 1 aliphatic rings. The summed E-state index contributed by atoms with van der Waals surface area (Å²) in [6.07, 6.45) is -0.576. The fraction of sp³-hybridized carbons (Fsp3) is 0.800. The number of nitrogens with zero attached hydrogens (tertiary/aromatic N) is 2. The van der Waals surface area contributed by atoms with E-state index >= 15 is 0 Å². The molecule has 1 saturated heterocycles. The van der Waals surface area contributed by atoms with Crippen LogP contribution in [0.25, 0.3) is 0 Å². The van der Waals surface area contributed by atoms with Crippen molar-refractivity contribution in [2.45, 2.75) is 37.9 Å². The molecule has 0 spiro atoms. The van der Waals surface area contributed by atoms with Gasteiger partial charge in [0, 0.05) is 6.42 Å². The van der Waals surface area contributed by atoms with Gasteiger partial charge < -0.3 is 14.6 Å². The highest BCUT2D eigenvalue weighted by Crippen LogP contribution is 2.23. The summed E-state index contributed by atoms with van der Waals surface area (Å²) in [5, 5.41) is 17.3. The topological polar surface area (TPSA) is 82.8 Å². The van der Waals surface area contributed by atoms with E-state index in [9.17, 15) is 4.79 Å². The zero-order valence-corrected chi connectivity index (χ0v) is 9.42. The predicted octanol–water partition coefficient (Wildman–Crippen LogP) is 0.394. The van der Waals surface area contributed by atoms with Crippen LogP contribution in [-0.4, -0.2) is 48.7 Å². The number of aliphatic carboxylic acids is 1. The molecular formula is C10H16N2O4. The van der Waals surface area contributed by atoms with Gasteiger partial charge in [0.15, 0.2) is 0 Å². The molecule has 0 bridgehead atoms. The first-order chi connectivity index (χ1) is 7.52. The van der Waals surface area contributed by atoms with Gasteiger partial charge >= 0.3 is 5.97 Å². The lowest BCUT2D eigenvalue weighted by atomic mass is 10.1. The summed E-state index contributed by atoms with van der Waals surface area (Å²) in [6, 6.07) is 2.02. The molecular weight excluding hydrogens is 212 g/mol. The van der Waals surface area contributed by atoms with Crippen molar-refractivity contribution < 1.29 is 19.4 Å². The third kappa shape index (κ3) is 3.77. The van der Waals surface area contributed by atoms with Gasteiger partial charge in [-0.15, -0.1) is 0 Å².